The van der Waals surface area contributed by atoms with Crippen molar-refractivity contribution in [3.63, 3.8) is 0 Å². The summed E-state index contributed by atoms with van der Waals surface area (Å²) in [5, 5.41) is 3.21. The summed E-state index contributed by atoms with van der Waals surface area (Å²) in [6.45, 7) is 5.75. The summed E-state index contributed by atoms with van der Waals surface area (Å²) >= 11 is 0. The maximum absolute atomic E-state index is 11.4. The van der Waals surface area contributed by atoms with Crippen LogP contribution in [-0.2, 0) is 9.32 Å². The summed E-state index contributed by atoms with van der Waals surface area (Å²) in [6, 6.07) is 0. The maximum atomic E-state index is 11.4. The first-order valence-corrected chi connectivity index (χ1v) is 5.78. The molecule has 70 valence electrons. The van der Waals surface area contributed by atoms with Gasteiger partial charge >= 0.3 is 5.97 Å². The van der Waals surface area contributed by atoms with Gasteiger partial charge in [-0.15, -0.1) is 0 Å². The van der Waals surface area contributed by atoms with E-state index in [1.165, 1.54) is 0 Å². The lowest BCUT2D eigenvalue weighted by Crippen LogP contribution is -2.22. The summed E-state index contributed by atoms with van der Waals surface area (Å²) in [4.78, 5) is 11.4. The first-order valence-electron chi connectivity index (χ1n) is 4.37. The molecule has 1 N–H and O–H groups in total. The third kappa shape index (κ3) is 2.18. The van der Waals surface area contributed by atoms with Crippen LogP contribution in [-0.4, -0.2) is 25.7 Å². The van der Waals surface area contributed by atoms with E-state index in [2.05, 4.69) is 12.2 Å². The molecule has 0 aromatic heterocycles. The first-order chi connectivity index (χ1) is 5.79. The molecule has 1 heterocycles. The van der Waals surface area contributed by atoms with E-state index in [9.17, 15) is 4.79 Å². The molecule has 0 amide bonds. The highest BCUT2D eigenvalue weighted by Crippen LogP contribution is 2.23. The van der Waals surface area contributed by atoms with Gasteiger partial charge in [0.1, 0.15) is 0 Å². The number of carbonyl (C=O) groups excluding carboxylic acids is 1. The highest BCUT2D eigenvalue weighted by molar-refractivity contribution is 7.31. The van der Waals surface area contributed by atoms with Gasteiger partial charge in [0.05, 0.1) is 14.7 Å². The Bertz CT molecular complexity index is 163. The van der Waals surface area contributed by atoms with Gasteiger partial charge in [-0.3, -0.25) is 4.79 Å². The van der Waals surface area contributed by atoms with Gasteiger partial charge in [-0.05, 0) is 19.1 Å². The van der Waals surface area contributed by atoms with Gasteiger partial charge in [-0.1, -0.05) is 13.3 Å². The average Bonchev–Trinajstić information content (AvgIpc) is 2.51. The van der Waals surface area contributed by atoms with Crippen molar-refractivity contribution in [1.82, 2.24) is 5.32 Å². The van der Waals surface area contributed by atoms with E-state index >= 15 is 0 Å². The van der Waals surface area contributed by atoms with Gasteiger partial charge in [-0.25, -0.2) is 0 Å². The molecule has 0 aromatic carbocycles. The molecule has 0 bridgehead atoms. The van der Waals surface area contributed by atoms with Crippen LogP contribution in [0.25, 0.3) is 0 Å². The average molecular weight is 189 g/mol. The van der Waals surface area contributed by atoms with Crippen LogP contribution in [0.2, 0.25) is 0 Å². The molecular formula is C8H16NO2P. The van der Waals surface area contributed by atoms with E-state index in [1.54, 1.807) is 0 Å². The molecule has 3 atom stereocenters. The Morgan fingerprint density at radius 3 is 3.00 bits per heavy atom. The summed E-state index contributed by atoms with van der Waals surface area (Å²) in [5.74, 6) is 0.559. The van der Waals surface area contributed by atoms with Gasteiger partial charge in [0.25, 0.3) is 0 Å². The van der Waals surface area contributed by atoms with Crippen molar-refractivity contribution < 1.29 is 9.32 Å². The SMILES string of the molecule is CC[C@@H]1CNC[C@@H]1C(=O)OPC. The van der Waals surface area contributed by atoms with Gasteiger partial charge in [0.2, 0.25) is 0 Å². The van der Waals surface area contributed by atoms with Crippen molar-refractivity contribution in [3.05, 3.63) is 0 Å². The van der Waals surface area contributed by atoms with Crippen LogP contribution in [0.1, 0.15) is 13.3 Å². The zero-order valence-electron chi connectivity index (χ0n) is 7.59. The fraction of sp³-hybridized carbons (Fsp3) is 0.875. The Morgan fingerprint density at radius 2 is 2.42 bits per heavy atom. The molecule has 1 aliphatic heterocycles. The fourth-order valence-corrected chi connectivity index (χ4v) is 1.97. The van der Waals surface area contributed by atoms with Crippen molar-refractivity contribution in [2.75, 3.05) is 19.8 Å². The summed E-state index contributed by atoms with van der Waals surface area (Å²) in [7, 11) is 0.279. The number of hydrogen-bond donors (Lipinski definition) is 1. The Kier molecular flexibility index (Phi) is 3.96. The monoisotopic (exact) mass is 189 g/mol. The van der Waals surface area contributed by atoms with E-state index in [-0.39, 0.29) is 20.7 Å². The molecule has 0 radical (unpaired) electrons. The zero-order chi connectivity index (χ0) is 8.97. The summed E-state index contributed by atoms with van der Waals surface area (Å²) in [5.41, 5.74) is 0. The topological polar surface area (TPSA) is 38.3 Å². The lowest BCUT2D eigenvalue weighted by molar-refractivity contribution is -0.138. The fourth-order valence-electron chi connectivity index (χ4n) is 1.61. The minimum absolute atomic E-state index is 0.0207. The standard InChI is InChI=1S/C8H16NO2P/c1-3-6-4-9-5-7(6)8(10)11-12-2/h6-7,9,12H,3-5H2,1-2H3/t6-,7+/m1/s1. The number of carbonyl (C=O) groups is 1. The summed E-state index contributed by atoms with van der Waals surface area (Å²) < 4.78 is 5.01. The third-order valence-corrected chi connectivity index (χ3v) is 2.77. The van der Waals surface area contributed by atoms with Crippen LogP contribution in [0.5, 0.6) is 0 Å². The molecule has 1 fully saturated rings. The summed E-state index contributed by atoms with van der Waals surface area (Å²) in [6.07, 6.45) is 1.06. The van der Waals surface area contributed by atoms with Crippen molar-refractivity contribution >= 4 is 14.8 Å². The maximum Gasteiger partial charge on any atom is 0.312 e. The Labute approximate surface area is 75.1 Å². The van der Waals surface area contributed by atoms with Crippen LogP contribution < -0.4 is 5.32 Å². The van der Waals surface area contributed by atoms with Gasteiger partial charge in [0.15, 0.2) is 0 Å². The largest absolute Gasteiger partial charge is 0.448 e. The van der Waals surface area contributed by atoms with E-state index in [1.807, 2.05) is 6.66 Å². The Hall–Kier alpha value is -0.140. The molecule has 12 heavy (non-hydrogen) atoms. The molecule has 0 aromatic rings. The second-order valence-electron chi connectivity index (χ2n) is 3.06. The van der Waals surface area contributed by atoms with Gasteiger partial charge in [-0.2, -0.15) is 0 Å². The predicted octanol–water partition coefficient (Wildman–Crippen LogP) is 0.998. The molecule has 1 aliphatic rings. The van der Waals surface area contributed by atoms with Crippen molar-refractivity contribution in [2.45, 2.75) is 13.3 Å². The van der Waals surface area contributed by atoms with E-state index in [0.29, 0.717) is 5.92 Å². The quantitative estimate of drug-likeness (QED) is 0.673. The van der Waals surface area contributed by atoms with Crippen LogP contribution >= 0.6 is 8.81 Å². The minimum atomic E-state index is -0.0207. The smallest absolute Gasteiger partial charge is 0.312 e. The number of hydrogen-bond acceptors (Lipinski definition) is 3. The lowest BCUT2D eigenvalue weighted by Gasteiger charge is -2.14. The number of rotatable bonds is 3. The van der Waals surface area contributed by atoms with E-state index in [0.717, 1.165) is 19.5 Å². The molecule has 4 heteroatoms. The minimum Gasteiger partial charge on any atom is -0.448 e. The molecule has 1 saturated heterocycles. The van der Waals surface area contributed by atoms with Gasteiger partial charge < -0.3 is 9.84 Å². The molecule has 0 spiro atoms. The Balaban J connectivity index is 2.43. The Morgan fingerprint density at radius 1 is 1.67 bits per heavy atom. The van der Waals surface area contributed by atoms with Crippen LogP contribution in [0.4, 0.5) is 0 Å². The molecule has 3 nitrogen and oxygen atoms in total. The second kappa shape index (κ2) is 4.78. The lowest BCUT2D eigenvalue weighted by atomic mass is 9.94. The number of nitrogens with one attached hydrogen (secondary N) is 1. The molecular weight excluding hydrogens is 173 g/mol. The first kappa shape index (κ1) is 9.94. The highest BCUT2D eigenvalue weighted by Gasteiger charge is 2.32. The molecule has 1 rings (SSSR count). The van der Waals surface area contributed by atoms with E-state index < -0.39 is 0 Å². The predicted molar refractivity (Wildman–Crippen MR) is 50.5 cm³/mol. The third-order valence-electron chi connectivity index (χ3n) is 2.37. The van der Waals surface area contributed by atoms with Crippen molar-refractivity contribution in [2.24, 2.45) is 11.8 Å². The molecule has 0 saturated carbocycles. The van der Waals surface area contributed by atoms with Gasteiger partial charge in [0, 0.05) is 6.54 Å². The highest BCUT2D eigenvalue weighted by atomic mass is 31.1. The normalized spacial score (nSPS) is 29.8. The molecule has 1 unspecified atom stereocenters. The van der Waals surface area contributed by atoms with Crippen LogP contribution in [0.15, 0.2) is 0 Å². The zero-order valence-corrected chi connectivity index (χ0v) is 8.59. The second-order valence-corrected chi connectivity index (χ2v) is 3.67. The van der Waals surface area contributed by atoms with E-state index in [4.69, 9.17) is 4.52 Å². The van der Waals surface area contributed by atoms with Crippen LogP contribution in [0.3, 0.4) is 0 Å². The van der Waals surface area contributed by atoms with Crippen molar-refractivity contribution in [1.29, 1.82) is 0 Å². The van der Waals surface area contributed by atoms with Crippen molar-refractivity contribution in [3.8, 4) is 0 Å². The molecule has 0 aliphatic carbocycles. The van der Waals surface area contributed by atoms with Crippen LogP contribution in [0, 0.1) is 11.8 Å².